The summed E-state index contributed by atoms with van der Waals surface area (Å²) in [5.74, 6) is 0. The third-order valence-corrected chi connectivity index (χ3v) is 4.72. The molecule has 0 saturated carbocycles. The fourth-order valence-corrected chi connectivity index (χ4v) is 3.13. The predicted molar refractivity (Wildman–Crippen MR) is 95.4 cm³/mol. The number of rotatable bonds is 5. The fourth-order valence-electron chi connectivity index (χ4n) is 2.38. The van der Waals surface area contributed by atoms with Crippen molar-refractivity contribution in [1.29, 1.82) is 0 Å². The lowest BCUT2D eigenvalue weighted by molar-refractivity contribution is 0.216. The molecule has 1 atom stereocenters. The van der Waals surface area contributed by atoms with Crippen LogP contribution >= 0.6 is 0 Å². The monoisotopic (exact) mass is 350 g/mol. The molecule has 0 aliphatic carbocycles. The third-order valence-electron chi connectivity index (χ3n) is 3.81. The molecule has 2 aromatic carbocycles. The third kappa shape index (κ3) is 3.87. The number of anilines is 2. The highest BCUT2D eigenvalue weighted by molar-refractivity contribution is 7.85. The molecule has 2 aromatic rings. The molecule has 6 nitrogen and oxygen atoms in total. The minimum Gasteiger partial charge on any atom is -0.384 e. The maximum atomic E-state index is 11.7. The van der Waals surface area contributed by atoms with Crippen LogP contribution in [-0.2, 0) is 10.1 Å². The lowest BCUT2D eigenvalue weighted by atomic mass is 10.0. The van der Waals surface area contributed by atoms with Crippen molar-refractivity contribution in [2.75, 3.05) is 38.0 Å². The highest BCUT2D eigenvalue weighted by Crippen LogP contribution is 2.31. The molecule has 1 unspecified atom stereocenters. The Labute approximate surface area is 142 Å². The van der Waals surface area contributed by atoms with Crippen LogP contribution in [0.3, 0.4) is 0 Å². The molecule has 7 heteroatoms. The van der Waals surface area contributed by atoms with E-state index in [1.54, 1.807) is 37.2 Å². The van der Waals surface area contributed by atoms with E-state index in [1.165, 1.54) is 12.1 Å². The molecule has 0 heterocycles. The van der Waals surface area contributed by atoms with E-state index in [1.807, 2.05) is 31.1 Å². The van der Waals surface area contributed by atoms with E-state index >= 15 is 0 Å². The Bertz CT molecular complexity index is 815. The largest absolute Gasteiger partial charge is 0.384 e. The van der Waals surface area contributed by atoms with Crippen molar-refractivity contribution in [3.63, 3.8) is 0 Å². The summed E-state index contributed by atoms with van der Waals surface area (Å²) in [4.78, 5) is 3.35. The summed E-state index contributed by atoms with van der Waals surface area (Å²) in [6.45, 7) is 0. The number of aliphatic hydroxyl groups is 1. The molecule has 2 N–H and O–H groups in total. The zero-order valence-corrected chi connectivity index (χ0v) is 14.9. The van der Waals surface area contributed by atoms with E-state index in [0.717, 1.165) is 5.69 Å². The van der Waals surface area contributed by atoms with Crippen molar-refractivity contribution in [2.24, 2.45) is 0 Å². The van der Waals surface area contributed by atoms with Gasteiger partial charge in [0, 0.05) is 45.1 Å². The average molecular weight is 350 g/mol. The minimum atomic E-state index is -4.46. The SMILES string of the molecule is CN(C)c1ccc(C(O)c2ccc(N(C)C)cc2S(=O)(=O)O)cc1. The Kier molecular flexibility index (Phi) is 5.17. The first-order chi connectivity index (χ1) is 11.1. The van der Waals surface area contributed by atoms with Gasteiger partial charge in [0.05, 0.1) is 0 Å². The van der Waals surface area contributed by atoms with Crippen molar-refractivity contribution in [2.45, 2.75) is 11.0 Å². The van der Waals surface area contributed by atoms with E-state index < -0.39 is 16.2 Å². The zero-order chi connectivity index (χ0) is 18.1. The van der Waals surface area contributed by atoms with Gasteiger partial charge in [-0.2, -0.15) is 8.42 Å². The molecule has 24 heavy (non-hydrogen) atoms. The second-order valence-corrected chi connectivity index (χ2v) is 7.37. The second kappa shape index (κ2) is 6.80. The van der Waals surface area contributed by atoms with Crippen LogP contribution < -0.4 is 9.80 Å². The van der Waals surface area contributed by atoms with Crippen LogP contribution in [0.2, 0.25) is 0 Å². The van der Waals surface area contributed by atoms with Crippen molar-refractivity contribution < 1.29 is 18.1 Å². The molecular weight excluding hydrogens is 328 g/mol. The van der Waals surface area contributed by atoms with E-state index in [9.17, 15) is 18.1 Å². The zero-order valence-electron chi connectivity index (χ0n) is 14.1. The Morgan fingerprint density at radius 3 is 1.83 bits per heavy atom. The maximum Gasteiger partial charge on any atom is 0.294 e. The Hall–Kier alpha value is -2.09. The molecule has 0 fully saturated rings. The summed E-state index contributed by atoms with van der Waals surface area (Å²) in [6, 6.07) is 11.7. The molecule has 0 bridgehead atoms. The molecule has 130 valence electrons. The number of aliphatic hydroxyl groups excluding tert-OH is 1. The van der Waals surface area contributed by atoms with Gasteiger partial charge >= 0.3 is 0 Å². The van der Waals surface area contributed by atoms with Crippen LogP contribution in [0.15, 0.2) is 47.4 Å². The van der Waals surface area contributed by atoms with Gasteiger partial charge < -0.3 is 14.9 Å². The first-order valence-electron chi connectivity index (χ1n) is 7.35. The lowest BCUT2D eigenvalue weighted by Crippen LogP contribution is -2.13. The standard InChI is InChI=1S/C17H22N2O4S/c1-18(2)13-7-5-12(6-8-13)17(20)15-10-9-14(19(3)4)11-16(15)24(21,22)23/h5-11,17,20H,1-4H3,(H,21,22,23). The molecule has 0 amide bonds. The average Bonchev–Trinajstić information content (AvgIpc) is 2.52. The molecule has 0 saturated heterocycles. The van der Waals surface area contributed by atoms with Crippen molar-refractivity contribution in [3.05, 3.63) is 53.6 Å². The van der Waals surface area contributed by atoms with Crippen LogP contribution in [0, 0.1) is 0 Å². The molecule has 0 aliphatic rings. The summed E-state index contributed by atoms with van der Waals surface area (Å²) >= 11 is 0. The minimum absolute atomic E-state index is 0.140. The molecule has 0 spiro atoms. The fraction of sp³-hybridized carbons (Fsp3) is 0.294. The highest BCUT2D eigenvalue weighted by Gasteiger charge is 2.23. The van der Waals surface area contributed by atoms with Gasteiger partial charge in [0.2, 0.25) is 0 Å². The van der Waals surface area contributed by atoms with Crippen LogP contribution in [0.4, 0.5) is 11.4 Å². The topological polar surface area (TPSA) is 81.1 Å². The van der Waals surface area contributed by atoms with Crippen LogP contribution in [0.1, 0.15) is 17.2 Å². The number of hydrogen-bond acceptors (Lipinski definition) is 5. The second-order valence-electron chi connectivity index (χ2n) is 5.98. The molecule has 0 aromatic heterocycles. The summed E-state index contributed by atoms with van der Waals surface area (Å²) in [7, 11) is 2.88. The smallest absolute Gasteiger partial charge is 0.294 e. The summed E-state index contributed by atoms with van der Waals surface area (Å²) < 4.78 is 33.0. The van der Waals surface area contributed by atoms with E-state index in [0.29, 0.717) is 11.3 Å². The van der Waals surface area contributed by atoms with Gasteiger partial charge in [0.1, 0.15) is 11.0 Å². The normalized spacial score (nSPS) is 12.8. The number of hydrogen-bond donors (Lipinski definition) is 2. The quantitative estimate of drug-likeness (QED) is 0.804. The molecular formula is C17H22N2O4S. The number of nitrogens with zero attached hydrogens (tertiary/aromatic N) is 2. The number of benzene rings is 2. The van der Waals surface area contributed by atoms with Gasteiger partial charge in [0.15, 0.2) is 0 Å². The van der Waals surface area contributed by atoms with Gasteiger partial charge in [-0.05, 0) is 29.8 Å². The van der Waals surface area contributed by atoms with Gasteiger partial charge in [-0.1, -0.05) is 18.2 Å². The maximum absolute atomic E-state index is 11.7. The van der Waals surface area contributed by atoms with Crippen LogP contribution in [-0.4, -0.2) is 46.3 Å². The van der Waals surface area contributed by atoms with Crippen molar-refractivity contribution in [3.8, 4) is 0 Å². The van der Waals surface area contributed by atoms with Gasteiger partial charge in [0.25, 0.3) is 10.1 Å². The highest BCUT2D eigenvalue weighted by atomic mass is 32.2. The van der Waals surface area contributed by atoms with Crippen molar-refractivity contribution >= 4 is 21.5 Å². The lowest BCUT2D eigenvalue weighted by Gasteiger charge is -2.19. The van der Waals surface area contributed by atoms with Crippen molar-refractivity contribution in [1.82, 2.24) is 0 Å². The van der Waals surface area contributed by atoms with Crippen LogP contribution in [0.5, 0.6) is 0 Å². The van der Waals surface area contributed by atoms with Crippen LogP contribution in [0.25, 0.3) is 0 Å². The summed E-state index contributed by atoms with van der Waals surface area (Å²) in [5, 5.41) is 10.6. The van der Waals surface area contributed by atoms with Gasteiger partial charge in [-0.25, -0.2) is 0 Å². The van der Waals surface area contributed by atoms with E-state index in [-0.39, 0.29) is 10.5 Å². The molecule has 0 aliphatic heterocycles. The Balaban J connectivity index is 2.50. The molecule has 0 radical (unpaired) electrons. The summed E-state index contributed by atoms with van der Waals surface area (Å²) in [5.41, 5.74) is 2.26. The first-order valence-corrected chi connectivity index (χ1v) is 8.79. The summed E-state index contributed by atoms with van der Waals surface area (Å²) in [6.07, 6.45) is -1.16. The van der Waals surface area contributed by atoms with E-state index in [4.69, 9.17) is 0 Å². The first kappa shape index (κ1) is 18.3. The van der Waals surface area contributed by atoms with E-state index in [2.05, 4.69) is 0 Å². The van der Waals surface area contributed by atoms with Gasteiger partial charge in [-0.3, -0.25) is 4.55 Å². The predicted octanol–water partition coefficient (Wildman–Crippen LogP) is 2.15. The molecule has 2 rings (SSSR count). The van der Waals surface area contributed by atoms with Gasteiger partial charge in [-0.15, -0.1) is 0 Å². The Morgan fingerprint density at radius 2 is 1.38 bits per heavy atom. The Morgan fingerprint density at radius 1 is 0.875 bits per heavy atom.